The number of amides is 1. The summed E-state index contributed by atoms with van der Waals surface area (Å²) in [6.45, 7) is 5.20. The van der Waals surface area contributed by atoms with Crippen molar-refractivity contribution in [3.8, 4) is 10.8 Å². The number of thioether (sulfide) groups is 1. The number of nitrogens with zero attached hydrogens (tertiary/aromatic N) is 3. The zero-order valence-electron chi connectivity index (χ0n) is 13.0. The highest BCUT2D eigenvalue weighted by Crippen LogP contribution is 2.30. The number of hydrogen-bond donors (Lipinski definition) is 1. The lowest BCUT2D eigenvalue weighted by atomic mass is 10.2. The molecule has 124 valence electrons. The molecule has 1 N–H and O–H groups in total. The van der Waals surface area contributed by atoms with Crippen LogP contribution in [0.1, 0.15) is 23.5 Å². The van der Waals surface area contributed by atoms with Crippen LogP contribution in [0.4, 0.5) is 0 Å². The number of nitrogens with one attached hydrogen (secondary N) is 1. The van der Waals surface area contributed by atoms with E-state index < -0.39 is 0 Å². The van der Waals surface area contributed by atoms with Crippen LogP contribution in [0.15, 0.2) is 9.64 Å². The average molecular weight is 354 g/mol. The molecule has 1 saturated heterocycles. The van der Waals surface area contributed by atoms with Gasteiger partial charge in [0.1, 0.15) is 4.88 Å². The lowest BCUT2D eigenvalue weighted by Gasteiger charge is -2.09. The highest BCUT2D eigenvalue weighted by molar-refractivity contribution is 7.99. The van der Waals surface area contributed by atoms with E-state index in [9.17, 15) is 4.79 Å². The minimum absolute atomic E-state index is 0.0601. The number of thiazole rings is 1. The molecule has 2 aromatic rings. The summed E-state index contributed by atoms with van der Waals surface area (Å²) in [5.41, 5.74) is 0.877. The zero-order chi connectivity index (χ0) is 16.2. The van der Waals surface area contributed by atoms with Gasteiger partial charge in [-0.05, 0) is 26.7 Å². The van der Waals surface area contributed by atoms with Crippen molar-refractivity contribution < 1.29 is 13.9 Å². The molecule has 1 atom stereocenters. The summed E-state index contributed by atoms with van der Waals surface area (Å²) in [7, 11) is 0. The lowest BCUT2D eigenvalue weighted by molar-refractivity contribution is -0.119. The molecule has 7 nitrogen and oxygen atoms in total. The van der Waals surface area contributed by atoms with Crippen molar-refractivity contribution in [2.75, 3.05) is 18.9 Å². The normalized spacial score (nSPS) is 17.6. The minimum atomic E-state index is -0.0601. The van der Waals surface area contributed by atoms with Gasteiger partial charge < -0.3 is 14.5 Å². The van der Waals surface area contributed by atoms with Gasteiger partial charge in [-0.25, -0.2) is 4.98 Å². The van der Waals surface area contributed by atoms with Gasteiger partial charge in [0.25, 0.3) is 11.1 Å². The van der Waals surface area contributed by atoms with Crippen LogP contribution in [0.25, 0.3) is 10.8 Å². The second kappa shape index (κ2) is 7.41. The molecule has 9 heteroatoms. The van der Waals surface area contributed by atoms with Crippen LogP contribution in [-0.4, -0.2) is 46.1 Å². The van der Waals surface area contributed by atoms with Crippen molar-refractivity contribution in [1.82, 2.24) is 20.5 Å². The fraction of sp³-hybridized carbons (Fsp3) is 0.571. The maximum atomic E-state index is 11.8. The van der Waals surface area contributed by atoms with Crippen molar-refractivity contribution in [2.24, 2.45) is 0 Å². The minimum Gasteiger partial charge on any atom is -0.410 e. The standard InChI is InChI=1S/C14H18N4O3S2/c1-8-12(23-9(2)16-8)13-17-18-14(21-13)22-7-11(19)15-6-10-4-3-5-20-10/h10H,3-7H2,1-2H3,(H,15,19). The highest BCUT2D eigenvalue weighted by Gasteiger charge is 2.18. The smallest absolute Gasteiger partial charge is 0.277 e. The molecule has 2 aromatic heterocycles. The van der Waals surface area contributed by atoms with Gasteiger partial charge in [0.2, 0.25) is 5.91 Å². The molecule has 0 aliphatic carbocycles. The summed E-state index contributed by atoms with van der Waals surface area (Å²) >= 11 is 2.75. The maximum Gasteiger partial charge on any atom is 0.277 e. The van der Waals surface area contributed by atoms with Gasteiger partial charge in [-0.3, -0.25) is 4.79 Å². The molecule has 23 heavy (non-hydrogen) atoms. The van der Waals surface area contributed by atoms with Crippen molar-refractivity contribution in [1.29, 1.82) is 0 Å². The van der Waals surface area contributed by atoms with Gasteiger partial charge in [-0.15, -0.1) is 21.5 Å². The van der Waals surface area contributed by atoms with E-state index in [4.69, 9.17) is 9.15 Å². The number of carbonyl (C=O) groups is 1. The molecule has 0 bridgehead atoms. The largest absolute Gasteiger partial charge is 0.410 e. The monoisotopic (exact) mass is 354 g/mol. The van der Waals surface area contributed by atoms with E-state index in [0.717, 1.165) is 35.0 Å². The van der Waals surface area contributed by atoms with Crippen molar-refractivity contribution >= 4 is 29.0 Å². The summed E-state index contributed by atoms with van der Waals surface area (Å²) in [6.07, 6.45) is 2.22. The van der Waals surface area contributed by atoms with E-state index >= 15 is 0 Å². The third kappa shape index (κ3) is 4.30. The molecule has 0 aromatic carbocycles. The van der Waals surface area contributed by atoms with Gasteiger partial charge in [0, 0.05) is 13.2 Å². The maximum absolute atomic E-state index is 11.8. The summed E-state index contributed by atoms with van der Waals surface area (Å²) < 4.78 is 11.1. The van der Waals surface area contributed by atoms with Crippen LogP contribution in [0.2, 0.25) is 0 Å². The van der Waals surface area contributed by atoms with Gasteiger partial charge in [-0.2, -0.15) is 0 Å². The molecule has 3 heterocycles. The molecule has 1 fully saturated rings. The Bertz CT molecular complexity index is 679. The van der Waals surface area contributed by atoms with E-state index in [-0.39, 0.29) is 17.8 Å². The molecular weight excluding hydrogens is 336 g/mol. The Labute approximate surface area is 142 Å². The molecule has 1 unspecified atom stereocenters. The molecule has 0 radical (unpaired) electrons. The number of aryl methyl sites for hydroxylation is 2. The van der Waals surface area contributed by atoms with Crippen molar-refractivity contribution in [3.05, 3.63) is 10.7 Å². The van der Waals surface area contributed by atoms with Gasteiger partial charge in [0.05, 0.1) is 22.6 Å². The average Bonchev–Trinajstić information content (AvgIpc) is 3.24. The van der Waals surface area contributed by atoms with Crippen molar-refractivity contribution in [2.45, 2.75) is 38.0 Å². The first kappa shape index (κ1) is 16.4. The highest BCUT2D eigenvalue weighted by atomic mass is 32.2. The van der Waals surface area contributed by atoms with E-state index in [0.29, 0.717) is 17.7 Å². The fourth-order valence-corrected chi connectivity index (χ4v) is 3.74. The number of carbonyl (C=O) groups excluding carboxylic acids is 1. The zero-order valence-corrected chi connectivity index (χ0v) is 14.6. The third-order valence-electron chi connectivity index (χ3n) is 3.38. The molecule has 1 amide bonds. The first-order chi connectivity index (χ1) is 11.1. The Kier molecular flexibility index (Phi) is 5.29. The molecule has 1 aliphatic heterocycles. The summed E-state index contributed by atoms with van der Waals surface area (Å²) in [5.74, 6) is 0.639. The first-order valence-electron chi connectivity index (χ1n) is 7.41. The first-order valence-corrected chi connectivity index (χ1v) is 9.21. The van der Waals surface area contributed by atoms with Crippen molar-refractivity contribution in [3.63, 3.8) is 0 Å². The number of rotatable bonds is 6. The van der Waals surface area contributed by atoms with Crippen LogP contribution in [-0.2, 0) is 9.53 Å². The second-order valence-corrected chi connectivity index (χ2v) is 7.38. The third-order valence-corrected chi connectivity index (χ3v) is 5.26. The Morgan fingerprint density at radius 3 is 3.00 bits per heavy atom. The molecular formula is C14H18N4O3S2. The molecule has 1 aliphatic rings. The topological polar surface area (TPSA) is 90.1 Å². The Balaban J connectivity index is 1.49. The molecule has 0 spiro atoms. The summed E-state index contributed by atoms with van der Waals surface area (Å²) in [4.78, 5) is 17.0. The fourth-order valence-electron chi connectivity index (χ4n) is 2.30. The van der Waals surface area contributed by atoms with E-state index in [1.54, 1.807) is 0 Å². The quantitative estimate of drug-likeness (QED) is 0.795. The van der Waals surface area contributed by atoms with Crippen LogP contribution >= 0.6 is 23.1 Å². The lowest BCUT2D eigenvalue weighted by Crippen LogP contribution is -2.32. The van der Waals surface area contributed by atoms with Crippen LogP contribution in [0.5, 0.6) is 0 Å². The number of aromatic nitrogens is 3. The Hall–Kier alpha value is -1.45. The van der Waals surface area contributed by atoms with E-state index in [2.05, 4.69) is 20.5 Å². The second-order valence-electron chi connectivity index (χ2n) is 5.25. The number of hydrogen-bond acceptors (Lipinski definition) is 8. The van der Waals surface area contributed by atoms with Gasteiger partial charge in [0.15, 0.2) is 0 Å². The summed E-state index contributed by atoms with van der Waals surface area (Å²) in [6, 6.07) is 0. The van der Waals surface area contributed by atoms with E-state index in [1.807, 2.05) is 13.8 Å². The molecule has 0 saturated carbocycles. The SMILES string of the molecule is Cc1nc(C)c(-c2nnc(SCC(=O)NCC3CCCO3)o2)s1. The van der Waals surface area contributed by atoms with Crippen LogP contribution in [0.3, 0.4) is 0 Å². The predicted octanol–water partition coefficient (Wildman–Crippen LogP) is 2.20. The van der Waals surface area contributed by atoms with Gasteiger partial charge >= 0.3 is 0 Å². The van der Waals surface area contributed by atoms with Gasteiger partial charge in [-0.1, -0.05) is 11.8 Å². The van der Waals surface area contributed by atoms with E-state index in [1.165, 1.54) is 23.1 Å². The molecule has 3 rings (SSSR count). The predicted molar refractivity (Wildman–Crippen MR) is 87.6 cm³/mol. The van der Waals surface area contributed by atoms with Crippen LogP contribution < -0.4 is 5.32 Å². The Morgan fingerprint density at radius 1 is 1.43 bits per heavy atom. The summed E-state index contributed by atoms with van der Waals surface area (Å²) in [5, 5.41) is 12.2. The number of ether oxygens (including phenoxy) is 1. The Morgan fingerprint density at radius 2 is 2.30 bits per heavy atom. The van der Waals surface area contributed by atoms with Crippen LogP contribution in [0, 0.1) is 13.8 Å².